The smallest absolute Gasteiger partial charge is 0.217 e. The van der Waals surface area contributed by atoms with Gasteiger partial charge in [-0.15, -0.1) is 0 Å². The number of hydrogen-bond acceptors (Lipinski definition) is 6. The summed E-state index contributed by atoms with van der Waals surface area (Å²) in [6.07, 6.45) is 1.33. The first-order chi connectivity index (χ1) is 9.79. The maximum atomic E-state index is 10.0. The molecule has 20 heavy (non-hydrogen) atoms. The van der Waals surface area contributed by atoms with Gasteiger partial charge in [0, 0.05) is 44.5 Å². The SMILES string of the molecule is COc1ncccc1CNCC(O)CN1CCOCC1. The number of nitrogens with one attached hydrogen (secondary N) is 1. The monoisotopic (exact) mass is 281 g/mol. The normalized spacial score (nSPS) is 17.9. The third kappa shape index (κ3) is 4.72. The van der Waals surface area contributed by atoms with Crippen LogP contribution in [-0.2, 0) is 11.3 Å². The molecule has 6 heteroatoms. The van der Waals surface area contributed by atoms with E-state index in [9.17, 15) is 5.11 Å². The fourth-order valence-electron chi connectivity index (χ4n) is 2.26. The van der Waals surface area contributed by atoms with Crippen LogP contribution in [0, 0.1) is 0 Å². The van der Waals surface area contributed by atoms with Gasteiger partial charge in [0.2, 0.25) is 5.88 Å². The minimum atomic E-state index is -0.379. The van der Waals surface area contributed by atoms with Crippen LogP contribution in [0.2, 0.25) is 0 Å². The van der Waals surface area contributed by atoms with Crippen LogP contribution in [-0.4, -0.2) is 67.6 Å². The molecule has 1 fully saturated rings. The Kier molecular flexibility index (Phi) is 6.20. The molecule has 0 aliphatic carbocycles. The van der Waals surface area contributed by atoms with Crippen LogP contribution < -0.4 is 10.1 Å². The van der Waals surface area contributed by atoms with Crippen LogP contribution >= 0.6 is 0 Å². The van der Waals surface area contributed by atoms with Gasteiger partial charge in [0.05, 0.1) is 26.4 Å². The largest absolute Gasteiger partial charge is 0.481 e. The van der Waals surface area contributed by atoms with Crippen molar-refractivity contribution in [3.05, 3.63) is 23.9 Å². The fraction of sp³-hybridized carbons (Fsp3) is 0.643. The highest BCUT2D eigenvalue weighted by Gasteiger charge is 2.14. The molecule has 0 amide bonds. The Labute approximate surface area is 119 Å². The number of ether oxygens (including phenoxy) is 2. The van der Waals surface area contributed by atoms with E-state index in [-0.39, 0.29) is 6.10 Å². The maximum absolute atomic E-state index is 10.0. The lowest BCUT2D eigenvalue weighted by Crippen LogP contribution is -2.43. The number of hydrogen-bond donors (Lipinski definition) is 2. The molecule has 2 N–H and O–H groups in total. The minimum absolute atomic E-state index is 0.379. The summed E-state index contributed by atoms with van der Waals surface area (Å²) in [6.45, 7) is 5.17. The number of rotatable bonds is 7. The number of morpholine rings is 1. The van der Waals surface area contributed by atoms with Gasteiger partial charge in [0.25, 0.3) is 0 Å². The van der Waals surface area contributed by atoms with Gasteiger partial charge in [-0.3, -0.25) is 4.90 Å². The first-order valence-corrected chi connectivity index (χ1v) is 6.96. The zero-order chi connectivity index (χ0) is 14.2. The predicted molar refractivity (Wildman–Crippen MR) is 75.8 cm³/mol. The molecule has 6 nitrogen and oxygen atoms in total. The summed E-state index contributed by atoms with van der Waals surface area (Å²) in [5.74, 6) is 0.627. The van der Waals surface area contributed by atoms with Crippen molar-refractivity contribution >= 4 is 0 Å². The summed E-state index contributed by atoms with van der Waals surface area (Å²) < 4.78 is 10.5. The van der Waals surface area contributed by atoms with Crippen LogP contribution in [0.5, 0.6) is 5.88 Å². The second kappa shape index (κ2) is 8.16. The first kappa shape index (κ1) is 15.2. The van der Waals surface area contributed by atoms with E-state index in [1.54, 1.807) is 13.3 Å². The fourth-order valence-corrected chi connectivity index (χ4v) is 2.26. The first-order valence-electron chi connectivity index (χ1n) is 6.96. The van der Waals surface area contributed by atoms with E-state index in [1.165, 1.54) is 0 Å². The van der Waals surface area contributed by atoms with Crippen LogP contribution in [0.4, 0.5) is 0 Å². The summed E-state index contributed by atoms with van der Waals surface area (Å²) in [4.78, 5) is 6.36. The average molecular weight is 281 g/mol. The molecular formula is C14H23N3O3. The number of methoxy groups -OCH3 is 1. The van der Waals surface area contributed by atoms with E-state index in [2.05, 4.69) is 15.2 Å². The third-order valence-electron chi connectivity index (χ3n) is 3.31. The Hall–Kier alpha value is -1.21. The van der Waals surface area contributed by atoms with Gasteiger partial charge in [0.15, 0.2) is 0 Å². The summed E-state index contributed by atoms with van der Waals surface area (Å²) in [5, 5.41) is 13.3. The van der Waals surface area contributed by atoms with E-state index in [0.717, 1.165) is 31.9 Å². The van der Waals surface area contributed by atoms with Crippen molar-refractivity contribution in [2.24, 2.45) is 0 Å². The Bertz CT molecular complexity index is 397. The second-order valence-corrected chi connectivity index (χ2v) is 4.87. The standard InChI is InChI=1S/C14H23N3O3/c1-19-14-12(3-2-4-16-14)9-15-10-13(18)11-17-5-7-20-8-6-17/h2-4,13,15,18H,5-11H2,1H3. The molecule has 1 atom stereocenters. The molecule has 0 radical (unpaired) electrons. The molecule has 1 aliphatic rings. The van der Waals surface area contributed by atoms with Gasteiger partial charge in [-0.1, -0.05) is 6.07 Å². The van der Waals surface area contributed by atoms with E-state index < -0.39 is 0 Å². The minimum Gasteiger partial charge on any atom is -0.481 e. The van der Waals surface area contributed by atoms with Crippen molar-refractivity contribution in [1.29, 1.82) is 0 Å². The van der Waals surface area contributed by atoms with Crippen molar-refractivity contribution in [3.8, 4) is 5.88 Å². The molecule has 0 bridgehead atoms. The summed E-state index contributed by atoms with van der Waals surface area (Å²) >= 11 is 0. The molecule has 1 unspecified atom stereocenters. The Morgan fingerprint density at radius 2 is 2.30 bits per heavy atom. The molecule has 0 spiro atoms. The lowest BCUT2D eigenvalue weighted by molar-refractivity contribution is 0.0149. The topological polar surface area (TPSA) is 66.8 Å². The second-order valence-electron chi connectivity index (χ2n) is 4.87. The van der Waals surface area contributed by atoms with Gasteiger partial charge in [-0.2, -0.15) is 0 Å². The van der Waals surface area contributed by atoms with Crippen molar-refractivity contribution in [2.75, 3.05) is 46.5 Å². The number of pyridine rings is 1. The summed E-state index contributed by atoms with van der Waals surface area (Å²) in [7, 11) is 1.61. The van der Waals surface area contributed by atoms with Crippen molar-refractivity contribution in [2.45, 2.75) is 12.6 Å². The molecule has 1 saturated heterocycles. The van der Waals surface area contributed by atoms with Crippen LogP contribution in [0.25, 0.3) is 0 Å². The number of nitrogens with zero attached hydrogens (tertiary/aromatic N) is 2. The Morgan fingerprint density at radius 1 is 1.50 bits per heavy atom. The maximum Gasteiger partial charge on any atom is 0.217 e. The van der Waals surface area contributed by atoms with Gasteiger partial charge in [-0.25, -0.2) is 4.98 Å². The lowest BCUT2D eigenvalue weighted by atomic mass is 10.2. The van der Waals surface area contributed by atoms with E-state index in [4.69, 9.17) is 9.47 Å². The Morgan fingerprint density at radius 3 is 3.05 bits per heavy atom. The molecular weight excluding hydrogens is 258 g/mol. The van der Waals surface area contributed by atoms with Crippen molar-refractivity contribution < 1.29 is 14.6 Å². The molecule has 2 rings (SSSR count). The van der Waals surface area contributed by atoms with Gasteiger partial charge >= 0.3 is 0 Å². The summed E-state index contributed by atoms with van der Waals surface area (Å²) in [6, 6.07) is 3.84. The number of aliphatic hydroxyl groups excluding tert-OH is 1. The van der Waals surface area contributed by atoms with Crippen molar-refractivity contribution in [1.82, 2.24) is 15.2 Å². The molecule has 1 aliphatic heterocycles. The van der Waals surface area contributed by atoms with Gasteiger partial charge < -0.3 is 19.9 Å². The molecule has 0 aromatic carbocycles. The number of aromatic nitrogens is 1. The quantitative estimate of drug-likeness (QED) is 0.726. The molecule has 1 aromatic heterocycles. The predicted octanol–water partition coefficient (Wildman–Crippen LogP) is -0.127. The van der Waals surface area contributed by atoms with Crippen molar-refractivity contribution in [3.63, 3.8) is 0 Å². The van der Waals surface area contributed by atoms with E-state index in [0.29, 0.717) is 25.5 Å². The highest BCUT2D eigenvalue weighted by molar-refractivity contribution is 5.24. The van der Waals surface area contributed by atoms with E-state index >= 15 is 0 Å². The molecule has 112 valence electrons. The van der Waals surface area contributed by atoms with E-state index in [1.807, 2.05) is 12.1 Å². The van der Waals surface area contributed by atoms with Gasteiger partial charge in [0.1, 0.15) is 0 Å². The third-order valence-corrected chi connectivity index (χ3v) is 3.31. The molecule has 0 saturated carbocycles. The van der Waals surface area contributed by atoms with Crippen LogP contribution in [0.3, 0.4) is 0 Å². The average Bonchev–Trinajstić information content (AvgIpc) is 2.49. The number of β-amino-alcohol motifs (C(OH)–C–C–N with tert-alkyl or cyclic N) is 1. The lowest BCUT2D eigenvalue weighted by Gasteiger charge is -2.28. The highest BCUT2D eigenvalue weighted by Crippen LogP contribution is 2.12. The molecule has 1 aromatic rings. The summed E-state index contributed by atoms with van der Waals surface area (Å²) in [5.41, 5.74) is 0.994. The van der Waals surface area contributed by atoms with Gasteiger partial charge in [-0.05, 0) is 6.07 Å². The zero-order valence-electron chi connectivity index (χ0n) is 11.9. The molecule has 2 heterocycles. The Balaban J connectivity index is 1.69. The highest BCUT2D eigenvalue weighted by atomic mass is 16.5. The number of aliphatic hydroxyl groups is 1. The van der Waals surface area contributed by atoms with Crippen LogP contribution in [0.15, 0.2) is 18.3 Å². The van der Waals surface area contributed by atoms with Crippen LogP contribution in [0.1, 0.15) is 5.56 Å². The zero-order valence-corrected chi connectivity index (χ0v) is 11.9.